The van der Waals surface area contributed by atoms with Crippen LogP contribution in [0.15, 0.2) is 89.5 Å². The fourth-order valence-corrected chi connectivity index (χ4v) is 3.75. The summed E-state index contributed by atoms with van der Waals surface area (Å²) < 4.78 is 10.8. The number of carbonyl (C=O) groups excluding carboxylic acids is 1. The molecular formula is C28H26N2O3. The molecule has 0 unspecified atom stereocenters. The van der Waals surface area contributed by atoms with Crippen molar-refractivity contribution < 1.29 is 14.3 Å². The van der Waals surface area contributed by atoms with Crippen LogP contribution in [-0.4, -0.2) is 25.8 Å². The first kappa shape index (κ1) is 22.1. The van der Waals surface area contributed by atoms with Gasteiger partial charge in [-0.3, -0.25) is 4.79 Å². The summed E-state index contributed by atoms with van der Waals surface area (Å²) in [6.07, 6.45) is 3.93. The standard InChI is InChI=1S/C28H26N2O3/c1-19-10-14-22(15-11-19)24(16-12-21-13-17-25(32-3)26(18-21)33-4)27-20(2)29-30(28(27)31)23-8-6-5-7-9-23/h5-18H,1-4H3. The summed E-state index contributed by atoms with van der Waals surface area (Å²) in [7, 11) is 3.22. The van der Waals surface area contributed by atoms with Crippen molar-refractivity contribution in [1.29, 1.82) is 0 Å². The van der Waals surface area contributed by atoms with Crippen molar-refractivity contribution in [2.24, 2.45) is 5.10 Å². The molecule has 5 nitrogen and oxygen atoms in total. The van der Waals surface area contributed by atoms with Gasteiger partial charge in [-0.2, -0.15) is 10.1 Å². The number of carbonyl (C=O) groups is 1. The number of anilines is 1. The van der Waals surface area contributed by atoms with Crippen LogP contribution >= 0.6 is 0 Å². The minimum Gasteiger partial charge on any atom is -0.493 e. The van der Waals surface area contributed by atoms with E-state index >= 15 is 0 Å². The van der Waals surface area contributed by atoms with Crippen LogP contribution in [0, 0.1) is 6.92 Å². The average Bonchev–Trinajstić information content (AvgIpc) is 3.14. The molecule has 1 amide bonds. The van der Waals surface area contributed by atoms with Crippen LogP contribution in [0.2, 0.25) is 0 Å². The zero-order valence-corrected chi connectivity index (χ0v) is 19.2. The highest BCUT2D eigenvalue weighted by molar-refractivity contribution is 6.34. The first-order valence-corrected chi connectivity index (χ1v) is 10.7. The van der Waals surface area contributed by atoms with Gasteiger partial charge in [-0.05, 0) is 54.8 Å². The maximum absolute atomic E-state index is 13.5. The van der Waals surface area contributed by atoms with Gasteiger partial charge >= 0.3 is 0 Å². The lowest BCUT2D eigenvalue weighted by atomic mass is 9.95. The Hall–Kier alpha value is -4.12. The number of ether oxygens (including phenoxy) is 2. The minimum absolute atomic E-state index is 0.147. The second-order valence-electron chi connectivity index (χ2n) is 7.74. The lowest BCUT2D eigenvalue weighted by molar-refractivity contribution is -0.114. The van der Waals surface area contributed by atoms with E-state index in [1.54, 1.807) is 14.2 Å². The van der Waals surface area contributed by atoms with E-state index in [0.29, 0.717) is 22.8 Å². The van der Waals surface area contributed by atoms with E-state index in [2.05, 4.69) is 5.10 Å². The van der Waals surface area contributed by atoms with Crippen LogP contribution in [0.25, 0.3) is 11.6 Å². The SMILES string of the molecule is COc1ccc(C=CC(=C2C(=O)N(c3ccccc3)N=C2C)c2ccc(C)cc2)cc1OC. The normalized spacial score (nSPS) is 15.1. The van der Waals surface area contributed by atoms with Crippen LogP contribution in [0.3, 0.4) is 0 Å². The molecule has 0 saturated heterocycles. The van der Waals surface area contributed by atoms with Gasteiger partial charge in [-0.15, -0.1) is 0 Å². The monoisotopic (exact) mass is 438 g/mol. The summed E-state index contributed by atoms with van der Waals surface area (Å²) in [6.45, 7) is 3.91. The Morgan fingerprint density at radius 2 is 1.58 bits per heavy atom. The number of para-hydroxylation sites is 1. The van der Waals surface area contributed by atoms with Crippen molar-refractivity contribution in [2.45, 2.75) is 13.8 Å². The molecule has 0 fully saturated rings. The van der Waals surface area contributed by atoms with E-state index in [4.69, 9.17) is 9.47 Å². The van der Waals surface area contributed by atoms with Gasteiger partial charge in [0.05, 0.1) is 31.2 Å². The highest BCUT2D eigenvalue weighted by Crippen LogP contribution is 2.32. The van der Waals surface area contributed by atoms with Gasteiger partial charge in [0.25, 0.3) is 5.91 Å². The Balaban J connectivity index is 1.80. The number of hydrogen-bond donors (Lipinski definition) is 0. The Labute approximate surface area is 194 Å². The van der Waals surface area contributed by atoms with Crippen molar-refractivity contribution >= 4 is 29.0 Å². The van der Waals surface area contributed by atoms with Crippen LogP contribution in [0.5, 0.6) is 11.5 Å². The van der Waals surface area contributed by atoms with Gasteiger partial charge in [0, 0.05) is 0 Å². The summed E-state index contributed by atoms with van der Waals surface area (Å²) in [5, 5.41) is 6.02. The molecule has 0 N–H and O–H groups in total. The summed E-state index contributed by atoms with van der Waals surface area (Å²) in [6, 6.07) is 23.3. The van der Waals surface area contributed by atoms with Crippen LogP contribution in [-0.2, 0) is 4.79 Å². The van der Waals surface area contributed by atoms with Crippen molar-refractivity contribution in [3.63, 3.8) is 0 Å². The highest BCUT2D eigenvalue weighted by Gasteiger charge is 2.31. The first-order chi connectivity index (χ1) is 16.0. The molecule has 0 aliphatic carbocycles. The third-order valence-electron chi connectivity index (χ3n) is 5.50. The number of nitrogens with zero attached hydrogens (tertiary/aromatic N) is 2. The maximum atomic E-state index is 13.5. The highest BCUT2D eigenvalue weighted by atomic mass is 16.5. The molecule has 1 heterocycles. The van der Waals surface area contributed by atoms with E-state index in [1.807, 2.05) is 98.8 Å². The van der Waals surface area contributed by atoms with E-state index in [1.165, 1.54) is 5.01 Å². The van der Waals surface area contributed by atoms with Crippen molar-refractivity contribution in [3.8, 4) is 11.5 Å². The lowest BCUT2D eigenvalue weighted by Crippen LogP contribution is -2.21. The fourth-order valence-electron chi connectivity index (χ4n) is 3.75. The van der Waals surface area contributed by atoms with Crippen molar-refractivity contribution in [1.82, 2.24) is 0 Å². The molecule has 0 radical (unpaired) electrons. The van der Waals surface area contributed by atoms with E-state index < -0.39 is 0 Å². The topological polar surface area (TPSA) is 51.1 Å². The average molecular weight is 439 g/mol. The Kier molecular flexibility index (Phi) is 6.41. The number of methoxy groups -OCH3 is 2. The number of benzene rings is 3. The third-order valence-corrected chi connectivity index (χ3v) is 5.50. The first-order valence-electron chi connectivity index (χ1n) is 10.7. The van der Waals surface area contributed by atoms with Gasteiger partial charge < -0.3 is 9.47 Å². The second kappa shape index (κ2) is 9.57. The number of rotatable bonds is 6. The van der Waals surface area contributed by atoms with Crippen LogP contribution in [0.1, 0.15) is 23.6 Å². The van der Waals surface area contributed by atoms with E-state index in [0.717, 1.165) is 28.0 Å². The molecule has 0 atom stereocenters. The maximum Gasteiger partial charge on any atom is 0.281 e. The van der Waals surface area contributed by atoms with Crippen molar-refractivity contribution in [3.05, 3.63) is 101 Å². The molecule has 1 aliphatic rings. The number of amides is 1. The molecule has 0 bridgehead atoms. The predicted molar refractivity (Wildman–Crippen MR) is 134 cm³/mol. The molecule has 166 valence electrons. The summed E-state index contributed by atoms with van der Waals surface area (Å²) in [4.78, 5) is 13.5. The number of aryl methyl sites for hydroxylation is 1. The van der Waals surface area contributed by atoms with Gasteiger partial charge in [-0.1, -0.05) is 66.2 Å². The third kappa shape index (κ3) is 4.58. The summed E-state index contributed by atoms with van der Waals surface area (Å²) in [5.41, 5.74) is 5.85. The molecule has 3 aromatic rings. The van der Waals surface area contributed by atoms with Gasteiger partial charge in [0.15, 0.2) is 11.5 Å². The molecule has 0 aromatic heterocycles. The lowest BCUT2D eigenvalue weighted by Gasteiger charge is -2.13. The molecule has 33 heavy (non-hydrogen) atoms. The second-order valence-corrected chi connectivity index (χ2v) is 7.74. The quantitative estimate of drug-likeness (QED) is 0.450. The molecule has 0 spiro atoms. The van der Waals surface area contributed by atoms with E-state index in [9.17, 15) is 4.79 Å². The molecule has 1 aliphatic heterocycles. The van der Waals surface area contributed by atoms with Crippen LogP contribution < -0.4 is 14.5 Å². The Morgan fingerprint density at radius 3 is 2.24 bits per heavy atom. The zero-order chi connectivity index (χ0) is 23.4. The van der Waals surface area contributed by atoms with Crippen LogP contribution in [0.4, 0.5) is 5.69 Å². The summed E-state index contributed by atoms with van der Waals surface area (Å²) in [5.74, 6) is 1.17. The van der Waals surface area contributed by atoms with E-state index in [-0.39, 0.29) is 5.91 Å². The number of hydrogen-bond acceptors (Lipinski definition) is 4. The Bertz CT molecular complexity index is 1260. The van der Waals surface area contributed by atoms with Crippen molar-refractivity contribution in [2.75, 3.05) is 19.2 Å². The molecule has 0 saturated carbocycles. The van der Waals surface area contributed by atoms with Gasteiger partial charge in [0.2, 0.25) is 0 Å². The number of allylic oxidation sites excluding steroid dienone is 2. The number of hydrazone groups is 1. The van der Waals surface area contributed by atoms with Gasteiger partial charge in [0.1, 0.15) is 0 Å². The predicted octanol–water partition coefficient (Wildman–Crippen LogP) is 5.90. The van der Waals surface area contributed by atoms with Gasteiger partial charge in [-0.25, -0.2) is 0 Å². The minimum atomic E-state index is -0.147. The Morgan fingerprint density at radius 1 is 0.879 bits per heavy atom. The molecule has 5 heteroatoms. The zero-order valence-electron chi connectivity index (χ0n) is 19.2. The molecule has 3 aromatic carbocycles. The molecular weight excluding hydrogens is 412 g/mol. The smallest absolute Gasteiger partial charge is 0.281 e. The summed E-state index contributed by atoms with van der Waals surface area (Å²) >= 11 is 0. The molecule has 4 rings (SSSR count). The fraction of sp³-hybridized carbons (Fsp3) is 0.143. The largest absolute Gasteiger partial charge is 0.493 e.